The molecule has 2 aliphatic rings. The maximum absolute atomic E-state index is 11.4. The van der Waals surface area contributed by atoms with Crippen LogP contribution in [0.25, 0.3) is 0 Å². The summed E-state index contributed by atoms with van der Waals surface area (Å²) in [6.07, 6.45) is 6.83. The summed E-state index contributed by atoms with van der Waals surface area (Å²) < 4.78 is 16.3. The smallest absolute Gasteiger partial charge is 0.305 e. The summed E-state index contributed by atoms with van der Waals surface area (Å²) in [7, 11) is 1.41. The Labute approximate surface area is 145 Å². The van der Waals surface area contributed by atoms with Gasteiger partial charge in [0.1, 0.15) is 6.10 Å². The van der Waals surface area contributed by atoms with Gasteiger partial charge in [0.05, 0.1) is 13.2 Å². The van der Waals surface area contributed by atoms with Crippen molar-refractivity contribution in [1.29, 1.82) is 0 Å². The first-order valence-electron chi connectivity index (χ1n) is 9.24. The molecule has 2 fully saturated rings. The molecule has 5 nitrogen and oxygen atoms in total. The van der Waals surface area contributed by atoms with Gasteiger partial charge >= 0.3 is 11.9 Å². The van der Waals surface area contributed by atoms with Crippen LogP contribution in [0.15, 0.2) is 0 Å². The lowest BCUT2D eigenvalue weighted by Crippen LogP contribution is -2.44. The molecule has 0 amide bonds. The third kappa shape index (κ3) is 4.29. The van der Waals surface area contributed by atoms with Gasteiger partial charge in [0.2, 0.25) is 0 Å². The lowest BCUT2D eigenvalue weighted by Gasteiger charge is -2.45. The van der Waals surface area contributed by atoms with Gasteiger partial charge in [0, 0.05) is 25.9 Å². The molecular weight excluding hydrogens is 308 g/mol. The number of carbonyl (C=O) groups excluding carboxylic acids is 2. The zero-order valence-corrected chi connectivity index (χ0v) is 15.5. The van der Waals surface area contributed by atoms with Gasteiger partial charge in [0.15, 0.2) is 0 Å². The molecule has 0 bridgehead atoms. The second-order valence-corrected chi connectivity index (χ2v) is 7.59. The number of carbonyl (C=O) groups is 2. The van der Waals surface area contributed by atoms with Gasteiger partial charge in [0.25, 0.3) is 0 Å². The first-order valence-corrected chi connectivity index (χ1v) is 9.24. The van der Waals surface area contributed by atoms with Crippen molar-refractivity contribution in [1.82, 2.24) is 0 Å². The lowest BCUT2D eigenvalue weighted by atomic mass is 9.63. The highest BCUT2D eigenvalue weighted by atomic mass is 16.5. The van der Waals surface area contributed by atoms with Crippen LogP contribution >= 0.6 is 0 Å². The first-order chi connectivity index (χ1) is 11.4. The zero-order chi connectivity index (χ0) is 17.7. The summed E-state index contributed by atoms with van der Waals surface area (Å²) in [5, 5.41) is 0. The molecule has 0 spiro atoms. The summed E-state index contributed by atoms with van der Waals surface area (Å²) in [6.45, 7) is 6.58. The summed E-state index contributed by atoms with van der Waals surface area (Å²) >= 11 is 0. The molecule has 0 aromatic rings. The maximum atomic E-state index is 11.4. The van der Waals surface area contributed by atoms with E-state index < -0.39 is 0 Å². The molecule has 5 heteroatoms. The van der Waals surface area contributed by atoms with Crippen molar-refractivity contribution < 1.29 is 23.8 Å². The van der Waals surface area contributed by atoms with Crippen molar-refractivity contribution in [2.75, 3.05) is 13.7 Å². The van der Waals surface area contributed by atoms with E-state index >= 15 is 0 Å². The molecule has 0 N–H and O–H groups in total. The molecule has 24 heavy (non-hydrogen) atoms. The second kappa shape index (κ2) is 8.32. The van der Waals surface area contributed by atoms with Gasteiger partial charge in [-0.25, -0.2) is 0 Å². The Morgan fingerprint density at radius 3 is 2.67 bits per heavy atom. The predicted molar refractivity (Wildman–Crippen MR) is 90.4 cm³/mol. The molecule has 0 aromatic carbocycles. The maximum Gasteiger partial charge on any atom is 0.305 e. The van der Waals surface area contributed by atoms with Crippen molar-refractivity contribution >= 4 is 11.9 Å². The molecule has 2 saturated carbocycles. The third-order valence-electron chi connectivity index (χ3n) is 6.15. The summed E-state index contributed by atoms with van der Waals surface area (Å²) in [5.74, 6) is 0.579. The summed E-state index contributed by atoms with van der Waals surface area (Å²) in [5.41, 5.74) is 0.181. The number of esters is 2. The fourth-order valence-electron chi connectivity index (χ4n) is 4.99. The highest BCUT2D eigenvalue weighted by Crippen LogP contribution is 2.57. The highest BCUT2D eigenvalue weighted by molar-refractivity contribution is 5.69. The predicted octanol–water partition coefficient (Wildman–Crippen LogP) is 3.49. The molecular formula is C19H32O5. The largest absolute Gasteiger partial charge is 0.469 e. The van der Waals surface area contributed by atoms with E-state index in [1.54, 1.807) is 0 Å². The SMILES string of the molecule is COC(=O)CCCOC(C)C1CCC2C(OC(C)=O)CCCC12C. The Morgan fingerprint density at radius 2 is 2.00 bits per heavy atom. The van der Waals surface area contributed by atoms with Gasteiger partial charge in [-0.05, 0) is 56.8 Å². The minimum atomic E-state index is -0.185. The van der Waals surface area contributed by atoms with E-state index in [9.17, 15) is 9.59 Å². The van der Waals surface area contributed by atoms with Gasteiger partial charge in [-0.3, -0.25) is 9.59 Å². The fraction of sp³-hybridized carbons (Fsp3) is 0.895. The minimum Gasteiger partial charge on any atom is -0.469 e. The van der Waals surface area contributed by atoms with E-state index in [-0.39, 0.29) is 29.6 Å². The fourth-order valence-corrected chi connectivity index (χ4v) is 4.99. The number of ether oxygens (including phenoxy) is 3. The number of hydrogen-bond acceptors (Lipinski definition) is 5. The van der Waals surface area contributed by atoms with Crippen molar-refractivity contribution in [3.8, 4) is 0 Å². The molecule has 5 atom stereocenters. The van der Waals surface area contributed by atoms with Crippen LogP contribution in [0.4, 0.5) is 0 Å². The number of methoxy groups -OCH3 is 1. The van der Waals surface area contributed by atoms with Crippen molar-refractivity contribution in [2.45, 2.75) is 77.9 Å². The van der Waals surface area contributed by atoms with Crippen molar-refractivity contribution in [3.63, 3.8) is 0 Å². The Bertz CT molecular complexity index is 449. The van der Waals surface area contributed by atoms with Crippen molar-refractivity contribution in [2.24, 2.45) is 17.3 Å². The normalized spacial score (nSPS) is 33.6. The quantitative estimate of drug-likeness (QED) is 0.524. The molecule has 0 radical (unpaired) electrons. The minimum absolute atomic E-state index is 0.0674. The summed E-state index contributed by atoms with van der Waals surface area (Å²) in [4.78, 5) is 22.5. The van der Waals surface area contributed by atoms with Crippen LogP contribution in [-0.4, -0.2) is 37.9 Å². The van der Waals surface area contributed by atoms with Gasteiger partial charge in [-0.15, -0.1) is 0 Å². The van der Waals surface area contributed by atoms with E-state index in [4.69, 9.17) is 9.47 Å². The monoisotopic (exact) mass is 340 g/mol. The van der Waals surface area contributed by atoms with E-state index in [1.807, 2.05) is 0 Å². The molecule has 0 saturated heterocycles. The number of hydrogen-bond donors (Lipinski definition) is 0. The van der Waals surface area contributed by atoms with Crippen LogP contribution < -0.4 is 0 Å². The van der Waals surface area contributed by atoms with Crippen LogP contribution in [0.2, 0.25) is 0 Å². The Morgan fingerprint density at radius 1 is 1.25 bits per heavy atom. The zero-order valence-electron chi connectivity index (χ0n) is 15.5. The second-order valence-electron chi connectivity index (χ2n) is 7.59. The first kappa shape index (κ1) is 19.2. The molecule has 2 aliphatic carbocycles. The molecule has 0 aromatic heterocycles. The number of fused-ring (bicyclic) bond motifs is 1. The van der Waals surface area contributed by atoms with Gasteiger partial charge in [-0.1, -0.05) is 6.92 Å². The molecule has 0 heterocycles. The van der Waals surface area contributed by atoms with Crippen LogP contribution in [-0.2, 0) is 23.8 Å². The molecule has 5 unspecified atom stereocenters. The standard InChI is InChI=1S/C19H32O5/c1-13(23-12-6-8-18(21)22-4)15-9-10-16-17(24-14(2)20)7-5-11-19(15,16)3/h13,15-17H,5-12H2,1-4H3. The average molecular weight is 340 g/mol. The Hall–Kier alpha value is -1.10. The van der Waals surface area contributed by atoms with Crippen LogP contribution in [0.5, 0.6) is 0 Å². The van der Waals surface area contributed by atoms with Crippen LogP contribution in [0.3, 0.4) is 0 Å². The number of rotatable bonds is 7. The average Bonchev–Trinajstić information content (AvgIpc) is 2.88. The lowest BCUT2D eigenvalue weighted by molar-refractivity contribution is -0.156. The van der Waals surface area contributed by atoms with E-state index in [1.165, 1.54) is 20.5 Å². The molecule has 0 aliphatic heterocycles. The Balaban J connectivity index is 1.89. The van der Waals surface area contributed by atoms with E-state index in [0.717, 1.165) is 25.7 Å². The van der Waals surface area contributed by atoms with Crippen molar-refractivity contribution in [3.05, 3.63) is 0 Å². The van der Waals surface area contributed by atoms with E-state index in [2.05, 4.69) is 18.6 Å². The third-order valence-corrected chi connectivity index (χ3v) is 6.15. The van der Waals surface area contributed by atoms with Gasteiger partial charge < -0.3 is 14.2 Å². The van der Waals surface area contributed by atoms with Crippen LogP contribution in [0, 0.1) is 17.3 Å². The molecule has 138 valence electrons. The van der Waals surface area contributed by atoms with Gasteiger partial charge in [-0.2, -0.15) is 0 Å². The summed E-state index contributed by atoms with van der Waals surface area (Å²) in [6, 6.07) is 0. The highest BCUT2D eigenvalue weighted by Gasteiger charge is 2.53. The van der Waals surface area contributed by atoms with E-state index in [0.29, 0.717) is 31.3 Å². The van der Waals surface area contributed by atoms with Crippen LogP contribution in [0.1, 0.15) is 65.7 Å². The molecule has 2 rings (SSSR count). The topological polar surface area (TPSA) is 61.8 Å². The Kier molecular flexibility index (Phi) is 6.67.